The Balaban J connectivity index is 2.12. The first-order valence-electron chi connectivity index (χ1n) is 7.75. The molecule has 0 saturated heterocycles. The molecule has 23 heavy (non-hydrogen) atoms. The monoisotopic (exact) mass is 336 g/mol. The minimum atomic E-state index is -3.52. The largest absolute Gasteiger partial charge is 0.345 e. The van der Waals surface area contributed by atoms with Crippen LogP contribution in [0, 0.1) is 5.92 Å². The standard InChI is InChI=1S/C17H24N2O3S/c1-18(2)17(20)15-9-11-16(12-10-15)23(21,22)19(3)13-14-7-5-4-6-8-14/h4-5,9-12,14H,6-8,13H2,1-3H3/t14-/m1/s1. The summed E-state index contributed by atoms with van der Waals surface area (Å²) in [5.74, 6) is 0.227. The number of rotatable bonds is 5. The second-order valence-electron chi connectivity index (χ2n) is 6.16. The van der Waals surface area contributed by atoms with Gasteiger partial charge in [0.05, 0.1) is 4.90 Å². The zero-order chi connectivity index (χ0) is 17.0. The normalized spacial score (nSPS) is 18.2. The topological polar surface area (TPSA) is 57.7 Å². The number of benzene rings is 1. The first kappa shape index (κ1) is 17.7. The van der Waals surface area contributed by atoms with Crippen LogP contribution in [0.3, 0.4) is 0 Å². The summed E-state index contributed by atoms with van der Waals surface area (Å²) >= 11 is 0. The van der Waals surface area contributed by atoms with E-state index >= 15 is 0 Å². The number of sulfonamides is 1. The van der Waals surface area contributed by atoms with Crippen LogP contribution in [-0.4, -0.2) is 51.2 Å². The van der Waals surface area contributed by atoms with E-state index in [0.717, 1.165) is 19.3 Å². The Morgan fingerprint density at radius 3 is 2.30 bits per heavy atom. The summed E-state index contributed by atoms with van der Waals surface area (Å²) in [6.07, 6.45) is 7.23. The summed E-state index contributed by atoms with van der Waals surface area (Å²) < 4.78 is 26.7. The van der Waals surface area contributed by atoms with E-state index in [1.165, 1.54) is 21.3 Å². The summed E-state index contributed by atoms with van der Waals surface area (Å²) in [6.45, 7) is 0.519. The minimum absolute atomic E-state index is 0.142. The lowest BCUT2D eigenvalue weighted by molar-refractivity contribution is 0.0827. The Hall–Kier alpha value is -1.66. The SMILES string of the molecule is CN(C)C(=O)c1ccc(S(=O)(=O)N(C)C[C@@H]2CC=CCC2)cc1. The van der Waals surface area contributed by atoms with Crippen molar-refractivity contribution in [2.24, 2.45) is 5.92 Å². The van der Waals surface area contributed by atoms with Crippen molar-refractivity contribution in [2.75, 3.05) is 27.7 Å². The lowest BCUT2D eigenvalue weighted by Gasteiger charge is -2.24. The molecule has 0 unspecified atom stereocenters. The third-order valence-corrected chi connectivity index (χ3v) is 5.95. The molecule has 1 aliphatic rings. The second kappa shape index (κ2) is 7.27. The zero-order valence-electron chi connectivity index (χ0n) is 13.9. The van der Waals surface area contributed by atoms with Crippen molar-refractivity contribution in [1.82, 2.24) is 9.21 Å². The van der Waals surface area contributed by atoms with Crippen LogP contribution in [0.25, 0.3) is 0 Å². The minimum Gasteiger partial charge on any atom is -0.345 e. The van der Waals surface area contributed by atoms with Gasteiger partial charge < -0.3 is 4.90 Å². The quantitative estimate of drug-likeness (QED) is 0.776. The molecule has 1 atom stereocenters. The third-order valence-electron chi connectivity index (χ3n) is 4.11. The highest BCUT2D eigenvalue weighted by Crippen LogP contribution is 2.22. The van der Waals surface area contributed by atoms with Crippen molar-refractivity contribution in [3.63, 3.8) is 0 Å². The molecule has 0 saturated carbocycles. The van der Waals surface area contributed by atoms with Crippen LogP contribution in [0.15, 0.2) is 41.3 Å². The molecule has 5 nitrogen and oxygen atoms in total. The van der Waals surface area contributed by atoms with Gasteiger partial charge in [0.2, 0.25) is 10.0 Å². The molecule has 0 spiro atoms. The van der Waals surface area contributed by atoms with Gasteiger partial charge in [-0.15, -0.1) is 0 Å². The van der Waals surface area contributed by atoms with Crippen LogP contribution in [0.2, 0.25) is 0 Å². The summed E-state index contributed by atoms with van der Waals surface area (Å²) in [7, 11) is 1.43. The maximum atomic E-state index is 12.6. The molecule has 0 N–H and O–H groups in total. The Morgan fingerprint density at radius 1 is 1.13 bits per heavy atom. The van der Waals surface area contributed by atoms with E-state index in [1.54, 1.807) is 33.3 Å². The lowest BCUT2D eigenvalue weighted by Crippen LogP contribution is -2.32. The molecule has 0 aliphatic heterocycles. The second-order valence-corrected chi connectivity index (χ2v) is 8.20. The average molecular weight is 336 g/mol. The molecule has 0 aromatic heterocycles. The third kappa shape index (κ3) is 4.20. The number of carbonyl (C=O) groups is 1. The van der Waals surface area contributed by atoms with Crippen molar-refractivity contribution in [3.05, 3.63) is 42.0 Å². The van der Waals surface area contributed by atoms with E-state index in [-0.39, 0.29) is 10.8 Å². The van der Waals surface area contributed by atoms with Gasteiger partial charge in [-0.2, -0.15) is 0 Å². The number of nitrogens with zero attached hydrogens (tertiary/aromatic N) is 2. The van der Waals surface area contributed by atoms with Crippen LogP contribution in [0.4, 0.5) is 0 Å². The van der Waals surface area contributed by atoms with Crippen molar-refractivity contribution >= 4 is 15.9 Å². The summed E-state index contributed by atoms with van der Waals surface area (Å²) in [4.78, 5) is 13.5. The summed E-state index contributed by atoms with van der Waals surface area (Å²) in [5.41, 5.74) is 0.481. The molecule has 1 aromatic carbocycles. The Morgan fingerprint density at radius 2 is 1.78 bits per heavy atom. The fraction of sp³-hybridized carbons (Fsp3) is 0.471. The number of carbonyl (C=O) groups excluding carboxylic acids is 1. The van der Waals surface area contributed by atoms with Gasteiger partial charge in [0, 0.05) is 33.3 Å². The van der Waals surface area contributed by atoms with Crippen molar-refractivity contribution < 1.29 is 13.2 Å². The van der Waals surface area contributed by atoms with Crippen LogP contribution >= 0.6 is 0 Å². The first-order valence-corrected chi connectivity index (χ1v) is 9.19. The molecule has 1 aromatic rings. The van der Waals surface area contributed by atoms with E-state index in [0.29, 0.717) is 18.0 Å². The van der Waals surface area contributed by atoms with Crippen molar-refractivity contribution in [2.45, 2.75) is 24.2 Å². The fourth-order valence-electron chi connectivity index (χ4n) is 2.69. The Kier molecular flexibility index (Phi) is 5.59. The van der Waals surface area contributed by atoms with E-state index in [9.17, 15) is 13.2 Å². The van der Waals surface area contributed by atoms with E-state index < -0.39 is 10.0 Å². The number of allylic oxidation sites excluding steroid dienone is 2. The van der Waals surface area contributed by atoms with Gasteiger partial charge >= 0.3 is 0 Å². The van der Waals surface area contributed by atoms with E-state index in [2.05, 4.69) is 12.2 Å². The summed E-state index contributed by atoms with van der Waals surface area (Å²) in [6, 6.07) is 6.13. The molecule has 2 rings (SSSR count). The van der Waals surface area contributed by atoms with Gasteiger partial charge in [-0.05, 0) is 49.4 Å². The van der Waals surface area contributed by atoms with Crippen molar-refractivity contribution in [1.29, 1.82) is 0 Å². The molecule has 0 fully saturated rings. The van der Waals surface area contributed by atoms with Crippen LogP contribution < -0.4 is 0 Å². The van der Waals surface area contributed by atoms with Crippen molar-refractivity contribution in [3.8, 4) is 0 Å². The molecule has 0 bridgehead atoms. The van der Waals surface area contributed by atoms with Crippen LogP contribution in [0.1, 0.15) is 29.6 Å². The fourth-order valence-corrected chi connectivity index (χ4v) is 3.94. The molecular weight excluding hydrogens is 312 g/mol. The molecule has 126 valence electrons. The van der Waals surface area contributed by atoms with E-state index in [4.69, 9.17) is 0 Å². The molecule has 6 heteroatoms. The number of amides is 1. The molecular formula is C17H24N2O3S. The van der Waals surface area contributed by atoms with Gasteiger partial charge in [0.25, 0.3) is 5.91 Å². The maximum absolute atomic E-state index is 12.6. The lowest BCUT2D eigenvalue weighted by atomic mass is 9.95. The van der Waals surface area contributed by atoms with Gasteiger partial charge in [0.15, 0.2) is 0 Å². The Bertz CT molecular complexity index is 678. The number of hydrogen-bond acceptors (Lipinski definition) is 3. The highest BCUT2D eigenvalue weighted by molar-refractivity contribution is 7.89. The zero-order valence-corrected chi connectivity index (χ0v) is 14.7. The van der Waals surface area contributed by atoms with Crippen LogP contribution in [0.5, 0.6) is 0 Å². The maximum Gasteiger partial charge on any atom is 0.253 e. The highest BCUT2D eigenvalue weighted by Gasteiger charge is 2.24. The van der Waals surface area contributed by atoms with Gasteiger partial charge in [0.1, 0.15) is 0 Å². The predicted octanol–water partition coefficient (Wildman–Crippen LogP) is 2.37. The predicted molar refractivity (Wildman–Crippen MR) is 90.8 cm³/mol. The van der Waals surface area contributed by atoms with Crippen LogP contribution in [-0.2, 0) is 10.0 Å². The smallest absolute Gasteiger partial charge is 0.253 e. The number of hydrogen-bond donors (Lipinski definition) is 0. The highest BCUT2D eigenvalue weighted by atomic mass is 32.2. The van der Waals surface area contributed by atoms with E-state index in [1.807, 2.05) is 0 Å². The molecule has 1 aliphatic carbocycles. The van der Waals surface area contributed by atoms with Gasteiger partial charge in [-0.25, -0.2) is 12.7 Å². The molecule has 0 heterocycles. The molecule has 1 amide bonds. The van der Waals surface area contributed by atoms with Gasteiger partial charge in [-0.3, -0.25) is 4.79 Å². The first-order chi connectivity index (χ1) is 10.8. The summed E-state index contributed by atoms with van der Waals surface area (Å²) in [5, 5.41) is 0. The average Bonchev–Trinajstić information content (AvgIpc) is 2.55. The Labute approximate surface area is 138 Å². The molecule has 0 radical (unpaired) electrons. The van der Waals surface area contributed by atoms with Gasteiger partial charge in [-0.1, -0.05) is 12.2 Å².